The average molecular weight is 257 g/mol. The highest BCUT2D eigenvalue weighted by atomic mass is 35.7. The summed E-state index contributed by atoms with van der Waals surface area (Å²) in [6.07, 6.45) is 5.38. The van der Waals surface area contributed by atoms with E-state index in [2.05, 4.69) is 9.97 Å². The minimum atomic E-state index is -3.45. The van der Waals surface area contributed by atoms with Crippen molar-refractivity contribution in [2.24, 2.45) is 0 Å². The van der Waals surface area contributed by atoms with E-state index in [1.54, 1.807) is 24.7 Å². The molecule has 0 aliphatic rings. The van der Waals surface area contributed by atoms with Crippen LogP contribution in [0.15, 0.2) is 30.7 Å². The number of hydrogen-bond donors (Lipinski definition) is 0. The van der Waals surface area contributed by atoms with Crippen molar-refractivity contribution >= 4 is 30.6 Å². The van der Waals surface area contributed by atoms with E-state index in [1.807, 2.05) is 6.07 Å². The summed E-state index contributed by atoms with van der Waals surface area (Å²) in [6, 6.07) is 3.68. The van der Waals surface area contributed by atoms with Gasteiger partial charge in [-0.1, -0.05) is 0 Å². The Kier molecular flexibility index (Phi) is 3.07. The fraction of sp³-hybridized carbons (Fsp3) is 0.200. The Morgan fingerprint density at radius 3 is 2.88 bits per heavy atom. The van der Waals surface area contributed by atoms with Crippen LogP contribution in [0.3, 0.4) is 0 Å². The zero-order valence-corrected chi connectivity index (χ0v) is 9.87. The fourth-order valence-electron chi connectivity index (χ4n) is 1.39. The predicted molar refractivity (Wildman–Crippen MR) is 62.9 cm³/mol. The summed E-state index contributed by atoms with van der Waals surface area (Å²) in [6.45, 7) is 0. The van der Waals surface area contributed by atoms with Crippen LogP contribution in [-0.4, -0.2) is 24.1 Å². The lowest BCUT2D eigenvalue weighted by Gasteiger charge is -2.01. The summed E-state index contributed by atoms with van der Waals surface area (Å²) in [5.41, 5.74) is 1.68. The molecule has 0 saturated carbocycles. The second-order valence-electron chi connectivity index (χ2n) is 3.40. The van der Waals surface area contributed by atoms with E-state index in [4.69, 9.17) is 10.7 Å². The lowest BCUT2D eigenvalue weighted by Crippen LogP contribution is -2.01. The Morgan fingerprint density at radius 2 is 2.12 bits per heavy atom. The average Bonchev–Trinajstić information content (AvgIpc) is 2.25. The molecule has 0 amide bonds. The van der Waals surface area contributed by atoms with Crippen molar-refractivity contribution in [1.29, 1.82) is 0 Å². The van der Waals surface area contributed by atoms with Gasteiger partial charge in [-0.25, -0.2) is 8.42 Å². The van der Waals surface area contributed by atoms with Gasteiger partial charge in [0.25, 0.3) is 0 Å². The number of pyridine rings is 2. The molecule has 6 heteroatoms. The van der Waals surface area contributed by atoms with Gasteiger partial charge in [0, 0.05) is 34.7 Å². The minimum Gasteiger partial charge on any atom is -0.264 e. The number of aromatic nitrogens is 2. The number of nitrogens with zero attached hydrogens (tertiary/aromatic N) is 2. The van der Waals surface area contributed by atoms with E-state index in [0.717, 1.165) is 16.5 Å². The van der Waals surface area contributed by atoms with Gasteiger partial charge in [0.15, 0.2) is 0 Å². The smallest absolute Gasteiger partial charge is 0.232 e. The van der Waals surface area contributed by atoms with Gasteiger partial charge in [-0.15, -0.1) is 0 Å². The Bertz CT molecular complexity index is 613. The first-order valence-corrected chi connectivity index (χ1v) is 7.13. The zero-order chi connectivity index (χ0) is 11.6. The van der Waals surface area contributed by atoms with Crippen molar-refractivity contribution < 1.29 is 8.42 Å². The molecule has 0 bridgehead atoms. The summed E-state index contributed by atoms with van der Waals surface area (Å²) in [7, 11) is 1.69. The van der Waals surface area contributed by atoms with Gasteiger partial charge in [-0.3, -0.25) is 9.97 Å². The number of rotatable bonds is 3. The summed E-state index contributed by atoms with van der Waals surface area (Å²) in [5, 5.41) is 0.895. The third-order valence-corrected chi connectivity index (χ3v) is 3.33. The first-order chi connectivity index (χ1) is 7.54. The van der Waals surface area contributed by atoms with E-state index < -0.39 is 9.05 Å². The van der Waals surface area contributed by atoms with Crippen LogP contribution in [0.25, 0.3) is 10.9 Å². The van der Waals surface area contributed by atoms with Crippen LogP contribution in [0.4, 0.5) is 0 Å². The van der Waals surface area contributed by atoms with E-state index in [0.29, 0.717) is 6.42 Å². The molecule has 0 fully saturated rings. The van der Waals surface area contributed by atoms with Crippen LogP contribution in [-0.2, 0) is 15.5 Å². The van der Waals surface area contributed by atoms with Gasteiger partial charge < -0.3 is 0 Å². The van der Waals surface area contributed by atoms with Crippen LogP contribution in [0.5, 0.6) is 0 Å². The topological polar surface area (TPSA) is 59.9 Å². The number of hydrogen-bond acceptors (Lipinski definition) is 4. The molecule has 0 spiro atoms. The third kappa shape index (κ3) is 2.90. The molecule has 0 aromatic carbocycles. The second kappa shape index (κ2) is 4.35. The maximum atomic E-state index is 10.8. The molecule has 0 saturated heterocycles. The van der Waals surface area contributed by atoms with E-state index in [1.165, 1.54) is 0 Å². The molecule has 2 aromatic heterocycles. The first-order valence-electron chi connectivity index (χ1n) is 4.65. The summed E-state index contributed by atoms with van der Waals surface area (Å²) >= 11 is 0. The van der Waals surface area contributed by atoms with Crippen molar-refractivity contribution in [3.8, 4) is 0 Å². The molecule has 0 N–H and O–H groups in total. The maximum Gasteiger partial charge on any atom is 0.232 e. The maximum absolute atomic E-state index is 10.8. The molecule has 4 nitrogen and oxygen atoms in total. The van der Waals surface area contributed by atoms with E-state index in [9.17, 15) is 8.42 Å². The number of fused-ring (bicyclic) bond motifs is 1. The van der Waals surface area contributed by atoms with Gasteiger partial charge in [0.2, 0.25) is 9.05 Å². The van der Waals surface area contributed by atoms with Crippen molar-refractivity contribution in [2.45, 2.75) is 6.42 Å². The van der Waals surface area contributed by atoms with E-state index >= 15 is 0 Å². The monoisotopic (exact) mass is 256 g/mol. The van der Waals surface area contributed by atoms with Crippen LogP contribution in [0, 0.1) is 0 Å². The Hall–Kier alpha value is -1.20. The normalized spacial score (nSPS) is 11.8. The Labute approximate surface area is 97.7 Å². The highest BCUT2D eigenvalue weighted by molar-refractivity contribution is 8.13. The predicted octanol–water partition coefficient (Wildman–Crippen LogP) is 1.74. The van der Waals surface area contributed by atoms with Crippen LogP contribution in [0.2, 0.25) is 0 Å². The van der Waals surface area contributed by atoms with Gasteiger partial charge in [-0.05, 0) is 24.1 Å². The largest absolute Gasteiger partial charge is 0.264 e. The highest BCUT2D eigenvalue weighted by Gasteiger charge is 2.06. The molecule has 16 heavy (non-hydrogen) atoms. The minimum absolute atomic E-state index is 0.0813. The number of halogens is 1. The number of aryl methyl sites for hydroxylation is 1. The molecular formula is C10H9ClN2O2S. The molecule has 84 valence electrons. The molecule has 0 aliphatic heterocycles. The van der Waals surface area contributed by atoms with Gasteiger partial charge in [0.05, 0.1) is 11.3 Å². The first kappa shape index (κ1) is 11.3. The van der Waals surface area contributed by atoms with Gasteiger partial charge in [0.1, 0.15) is 0 Å². The molecule has 0 atom stereocenters. The summed E-state index contributed by atoms with van der Waals surface area (Å²) in [4.78, 5) is 8.18. The standard InChI is InChI=1S/C10H9ClN2O2S/c11-16(14,15)4-2-8-5-9-7-12-3-1-10(9)13-6-8/h1,3,5-7H,2,4H2. The summed E-state index contributed by atoms with van der Waals surface area (Å²) in [5.74, 6) is -0.0813. The molecule has 2 aromatic rings. The molecule has 0 radical (unpaired) electrons. The Balaban J connectivity index is 2.26. The lowest BCUT2D eigenvalue weighted by molar-refractivity contribution is 0.609. The molecule has 0 aliphatic carbocycles. The van der Waals surface area contributed by atoms with Crippen LogP contribution < -0.4 is 0 Å². The van der Waals surface area contributed by atoms with Crippen molar-refractivity contribution in [3.63, 3.8) is 0 Å². The molecule has 2 heterocycles. The third-order valence-electron chi connectivity index (χ3n) is 2.17. The van der Waals surface area contributed by atoms with Gasteiger partial charge >= 0.3 is 0 Å². The van der Waals surface area contributed by atoms with E-state index in [-0.39, 0.29) is 5.75 Å². The molecular weight excluding hydrogens is 248 g/mol. The summed E-state index contributed by atoms with van der Waals surface area (Å²) < 4.78 is 21.6. The van der Waals surface area contributed by atoms with Crippen LogP contribution >= 0.6 is 10.7 Å². The lowest BCUT2D eigenvalue weighted by atomic mass is 10.2. The SMILES string of the molecule is O=S(=O)(Cl)CCc1cnc2ccncc2c1. The quantitative estimate of drug-likeness (QED) is 0.785. The van der Waals surface area contributed by atoms with Crippen LogP contribution in [0.1, 0.15) is 5.56 Å². The second-order valence-corrected chi connectivity index (χ2v) is 6.30. The van der Waals surface area contributed by atoms with Gasteiger partial charge in [-0.2, -0.15) is 0 Å². The highest BCUT2D eigenvalue weighted by Crippen LogP contribution is 2.12. The fourth-order valence-corrected chi connectivity index (χ4v) is 2.11. The molecule has 0 unspecified atom stereocenters. The van der Waals surface area contributed by atoms with Crippen molar-refractivity contribution in [3.05, 3.63) is 36.3 Å². The molecule has 2 rings (SSSR count). The van der Waals surface area contributed by atoms with Crippen molar-refractivity contribution in [2.75, 3.05) is 5.75 Å². The van der Waals surface area contributed by atoms with Crippen molar-refractivity contribution in [1.82, 2.24) is 9.97 Å². The zero-order valence-electron chi connectivity index (χ0n) is 8.30. The Morgan fingerprint density at radius 1 is 1.31 bits per heavy atom.